The lowest BCUT2D eigenvalue weighted by atomic mass is 10.5. The van der Waals surface area contributed by atoms with Crippen LogP contribution < -0.4 is 5.73 Å². The van der Waals surface area contributed by atoms with Gasteiger partial charge in [-0.1, -0.05) is 5.16 Å². The van der Waals surface area contributed by atoms with E-state index < -0.39 is 0 Å². The number of primary amides is 1. The van der Waals surface area contributed by atoms with E-state index in [1.807, 2.05) is 0 Å². The Kier molecular flexibility index (Phi) is 4.74. The molecule has 0 saturated heterocycles. The first kappa shape index (κ1) is 9.29. The first-order valence-corrected chi connectivity index (χ1v) is 3.86. The average molecular weight is 162 g/mol. The molecule has 0 rings (SSSR count). The first-order valence-electron chi connectivity index (χ1n) is 2.70. The van der Waals surface area contributed by atoms with Crippen molar-refractivity contribution in [3.63, 3.8) is 0 Å². The number of hydrogen-bond donors (Lipinski definition) is 2. The third-order valence-corrected chi connectivity index (χ3v) is 1.84. The zero-order chi connectivity index (χ0) is 7.98. The molecule has 0 fully saturated rings. The molecule has 3 N–H and O–H groups in total. The van der Waals surface area contributed by atoms with Crippen LogP contribution in [0.25, 0.3) is 0 Å². The summed E-state index contributed by atoms with van der Waals surface area (Å²) in [7, 11) is 0. The predicted molar refractivity (Wildman–Crippen MR) is 41.4 cm³/mol. The molecule has 0 spiro atoms. The topological polar surface area (TPSA) is 75.7 Å². The van der Waals surface area contributed by atoms with Gasteiger partial charge in [-0.25, -0.2) is 0 Å². The number of oxime groups is 1. The summed E-state index contributed by atoms with van der Waals surface area (Å²) >= 11 is 1.33. The molecule has 1 amide bonds. The van der Waals surface area contributed by atoms with Gasteiger partial charge in [0.2, 0.25) is 5.91 Å². The Bertz CT molecular complexity index is 147. The molecule has 0 aliphatic heterocycles. The van der Waals surface area contributed by atoms with Crippen LogP contribution in [0.5, 0.6) is 0 Å². The molecule has 0 saturated carbocycles. The van der Waals surface area contributed by atoms with Crippen molar-refractivity contribution in [2.45, 2.75) is 6.92 Å². The molecule has 0 unspecified atom stereocenters. The second-order valence-electron chi connectivity index (χ2n) is 1.79. The van der Waals surface area contributed by atoms with E-state index in [1.165, 1.54) is 11.8 Å². The van der Waals surface area contributed by atoms with Crippen molar-refractivity contribution in [2.24, 2.45) is 10.9 Å². The monoisotopic (exact) mass is 162 g/mol. The van der Waals surface area contributed by atoms with Crippen molar-refractivity contribution in [1.82, 2.24) is 0 Å². The maximum Gasteiger partial charge on any atom is 0.227 e. The van der Waals surface area contributed by atoms with Gasteiger partial charge < -0.3 is 10.9 Å². The van der Waals surface area contributed by atoms with E-state index in [2.05, 4.69) is 5.16 Å². The minimum absolute atomic E-state index is 0.271. The molecule has 4 nitrogen and oxygen atoms in total. The third kappa shape index (κ3) is 5.43. The highest BCUT2D eigenvalue weighted by molar-refractivity contribution is 8.00. The van der Waals surface area contributed by atoms with Crippen LogP contribution >= 0.6 is 11.8 Å². The van der Waals surface area contributed by atoms with Gasteiger partial charge in [-0.2, -0.15) is 0 Å². The number of hydrogen-bond acceptors (Lipinski definition) is 4. The largest absolute Gasteiger partial charge is 0.411 e. The lowest BCUT2D eigenvalue weighted by Gasteiger charge is -1.94. The fourth-order valence-corrected chi connectivity index (χ4v) is 0.985. The van der Waals surface area contributed by atoms with Gasteiger partial charge in [-0.15, -0.1) is 11.8 Å². The Labute approximate surface area is 63.5 Å². The average Bonchev–Trinajstić information content (AvgIpc) is 1.87. The number of rotatable bonds is 4. The van der Waals surface area contributed by atoms with Gasteiger partial charge in [0.1, 0.15) is 0 Å². The van der Waals surface area contributed by atoms with Gasteiger partial charge in [0.25, 0.3) is 0 Å². The Morgan fingerprint density at radius 2 is 2.30 bits per heavy atom. The first-order chi connectivity index (χ1) is 4.66. The molecule has 0 atom stereocenters. The molecule has 0 aliphatic carbocycles. The van der Waals surface area contributed by atoms with Crippen molar-refractivity contribution in [3.05, 3.63) is 0 Å². The van der Waals surface area contributed by atoms with E-state index in [0.717, 1.165) is 0 Å². The number of amides is 1. The highest BCUT2D eigenvalue weighted by Gasteiger charge is 1.95. The fraction of sp³-hybridized carbons (Fsp3) is 0.600. The van der Waals surface area contributed by atoms with Crippen LogP contribution in [0.15, 0.2) is 5.16 Å². The van der Waals surface area contributed by atoms with E-state index in [0.29, 0.717) is 11.5 Å². The van der Waals surface area contributed by atoms with Crippen LogP contribution in [0.1, 0.15) is 6.92 Å². The lowest BCUT2D eigenvalue weighted by molar-refractivity contribution is -0.115. The van der Waals surface area contributed by atoms with Crippen molar-refractivity contribution in [2.75, 3.05) is 11.5 Å². The van der Waals surface area contributed by atoms with Gasteiger partial charge in [-0.3, -0.25) is 4.79 Å². The van der Waals surface area contributed by atoms with Gasteiger partial charge >= 0.3 is 0 Å². The van der Waals surface area contributed by atoms with Gasteiger partial charge in [0.15, 0.2) is 0 Å². The molecule has 0 aromatic heterocycles. The second kappa shape index (κ2) is 5.10. The predicted octanol–water partition coefficient (Wildman–Crippen LogP) is 0.0550. The maximum atomic E-state index is 10.2. The summed E-state index contributed by atoms with van der Waals surface area (Å²) in [6, 6.07) is 0. The molecule has 0 aliphatic rings. The van der Waals surface area contributed by atoms with Gasteiger partial charge in [0.05, 0.1) is 11.5 Å². The Hall–Kier alpha value is -0.710. The second-order valence-corrected chi connectivity index (χ2v) is 2.78. The van der Waals surface area contributed by atoms with Crippen LogP contribution in [-0.2, 0) is 4.79 Å². The lowest BCUT2D eigenvalue weighted by Crippen LogP contribution is -2.14. The maximum absolute atomic E-state index is 10.2. The zero-order valence-electron chi connectivity index (χ0n) is 5.70. The van der Waals surface area contributed by atoms with Crippen LogP contribution in [-0.4, -0.2) is 28.3 Å². The van der Waals surface area contributed by atoms with Crippen molar-refractivity contribution < 1.29 is 10.0 Å². The van der Waals surface area contributed by atoms with E-state index in [4.69, 9.17) is 10.9 Å². The standard InChI is InChI=1S/C5H10N2O2S/c1-4(7-9)2-10-3-5(6)8/h9H,2-3H2,1H3,(H2,6,8)/b7-4+. The zero-order valence-corrected chi connectivity index (χ0v) is 6.52. The molecular weight excluding hydrogens is 152 g/mol. The van der Waals surface area contributed by atoms with Gasteiger partial charge in [-0.05, 0) is 6.92 Å². The SMILES string of the molecule is C/C(CSCC(N)=O)=N\O. The molecule has 0 bridgehead atoms. The van der Waals surface area contributed by atoms with Crippen molar-refractivity contribution in [1.29, 1.82) is 0 Å². The Morgan fingerprint density at radius 3 is 2.70 bits per heavy atom. The smallest absolute Gasteiger partial charge is 0.227 e. The van der Waals surface area contributed by atoms with Crippen molar-refractivity contribution in [3.8, 4) is 0 Å². The minimum Gasteiger partial charge on any atom is -0.411 e. The van der Waals surface area contributed by atoms with Crippen molar-refractivity contribution >= 4 is 23.4 Å². The molecule has 58 valence electrons. The van der Waals surface area contributed by atoms with E-state index in [9.17, 15) is 4.79 Å². The third-order valence-electron chi connectivity index (χ3n) is 0.726. The highest BCUT2D eigenvalue weighted by atomic mass is 32.2. The molecule has 0 radical (unpaired) electrons. The summed E-state index contributed by atoms with van der Waals surface area (Å²) in [5.41, 5.74) is 5.45. The number of carbonyl (C=O) groups excluding carboxylic acids is 1. The quantitative estimate of drug-likeness (QED) is 0.348. The molecule has 5 heteroatoms. The Morgan fingerprint density at radius 1 is 1.70 bits per heavy atom. The number of thioether (sulfide) groups is 1. The number of carbonyl (C=O) groups is 1. The van der Waals surface area contributed by atoms with Crippen LogP contribution in [0, 0.1) is 0 Å². The molecule has 10 heavy (non-hydrogen) atoms. The summed E-state index contributed by atoms with van der Waals surface area (Å²) in [5.74, 6) is 0.461. The molecule has 0 heterocycles. The summed E-state index contributed by atoms with van der Waals surface area (Å²) in [6.07, 6.45) is 0. The minimum atomic E-state index is -0.351. The van der Waals surface area contributed by atoms with Crippen LogP contribution in [0.4, 0.5) is 0 Å². The van der Waals surface area contributed by atoms with E-state index >= 15 is 0 Å². The van der Waals surface area contributed by atoms with E-state index in [-0.39, 0.29) is 11.7 Å². The molecular formula is C5H10N2O2S. The fourth-order valence-electron chi connectivity index (χ4n) is 0.328. The molecule has 0 aromatic rings. The van der Waals surface area contributed by atoms with Crippen LogP contribution in [0.3, 0.4) is 0 Å². The summed E-state index contributed by atoms with van der Waals surface area (Å²) in [6.45, 7) is 1.67. The summed E-state index contributed by atoms with van der Waals surface area (Å²) in [4.78, 5) is 10.2. The van der Waals surface area contributed by atoms with Crippen LogP contribution in [0.2, 0.25) is 0 Å². The van der Waals surface area contributed by atoms with E-state index in [1.54, 1.807) is 6.92 Å². The Balaban J connectivity index is 3.29. The highest BCUT2D eigenvalue weighted by Crippen LogP contribution is 1.98. The number of nitrogens with zero attached hydrogens (tertiary/aromatic N) is 1. The summed E-state index contributed by atoms with van der Waals surface area (Å²) < 4.78 is 0. The normalized spacial score (nSPS) is 11.5. The number of nitrogens with two attached hydrogens (primary N) is 1. The van der Waals surface area contributed by atoms with Gasteiger partial charge in [0, 0.05) is 5.75 Å². The molecule has 0 aromatic carbocycles. The summed E-state index contributed by atoms with van der Waals surface area (Å²) in [5, 5.41) is 11.1.